The number of nitrogens with two attached hydrogens (primary N) is 1. The van der Waals surface area contributed by atoms with Crippen LogP contribution in [0.5, 0.6) is 0 Å². The monoisotopic (exact) mass is 183 g/mol. The third kappa shape index (κ3) is 3.12. The summed E-state index contributed by atoms with van der Waals surface area (Å²) in [5, 5.41) is 0. The zero-order chi connectivity index (χ0) is 9.68. The summed E-state index contributed by atoms with van der Waals surface area (Å²) in [6, 6.07) is 0.111. The molecule has 1 aliphatic rings. The lowest BCUT2D eigenvalue weighted by Gasteiger charge is -2.24. The van der Waals surface area contributed by atoms with Crippen LogP contribution in [0.1, 0.15) is 39.5 Å². The normalized spacial score (nSPS) is 22.2. The molecule has 0 saturated heterocycles. The first kappa shape index (κ1) is 10.7. The van der Waals surface area contributed by atoms with Crippen molar-refractivity contribution in [1.29, 1.82) is 0 Å². The quantitative estimate of drug-likeness (QED) is 0.678. The second kappa shape index (κ2) is 5.40. The molecule has 2 heteroatoms. The van der Waals surface area contributed by atoms with Gasteiger partial charge in [0, 0.05) is 6.61 Å². The van der Waals surface area contributed by atoms with E-state index in [0.29, 0.717) is 0 Å². The molecule has 0 bridgehead atoms. The molecule has 0 aromatic heterocycles. The van der Waals surface area contributed by atoms with Crippen molar-refractivity contribution in [2.45, 2.75) is 51.7 Å². The van der Waals surface area contributed by atoms with Gasteiger partial charge in [-0.15, -0.1) is 0 Å². The number of ether oxygens (including phenoxy) is 1. The molecule has 2 atom stereocenters. The van der Waals surface area contributed by atoms with Crippen LogP contribution in [0, 0.1) is 0 Å². The zero-order valence-electron chi connectivity index (χ0n) is 8.75. The van der Waals surface area contributed by atoms with Crippen LogP contribution in [-0.4, -0.2) is 18.8 Å². The van der Waals surface area contributed by atoms with Crippen LogP contribution in [0.25, 0.3) is 0 Å². The van der Waals surface area contributed by atoms with Crippen LogP contribution in [0.4, 0.5) is 0 Å². The van der Waals surface area contributed by atoms with Gasteiger partial charge in [0.25, 0.3) is 0 Å². The number of hydrogen-bond donors (Lipinski definition) is 1. The van der Waals surface area contributed by atoms with E-state index in [1.165, 1.54) is 31.3 Å². The van der Waals surface area contributed by atoms with Crippen LogP contribution in [-0.2, 0) is 4.74 Å². The topological polar surface area (TPSA) is 35.2 Å². The van der Waals surface area contributed by atoms with Gasteiger partial charge in [0.1, 0.15) is 0 Å². The molecule has 2 nitrogen and oxygen atoms in total. The fourth-order valence-electron chi connectivity index (χ4n) is 1.83. The van der Waals surface area contributed by atoms with Gasteiger partial charge in [-0.1, -0.05) is 11.6 Å². The second-order valence-corrected chi connectivity index (χ2v) is 3.71. The van der Waals surface area contributed by atoms with E-state index in [1.807, 2.05) is 6.92 Å². The number of allylic oxidation sites excluding steroid dienone is 1. The second-order valence-electron chi connectivity index (χ2n) is 3.71. The van der Waals surface area contributed by atoms with Crippen LogP contribution >= 0.6 is 0 Å². The standard InChI is InChI=1S/C11H21NO/c1-3-13-9(2)11(12)10-7-5-4-6-8-10/h7,9,11H,3-6,8,12H2,1-2H3. The van der Waals surface area contributed by atoms with Crippen LogP contribution in [0.2, 0.25) is 0 Å². The summed E-state index contributed by atoms with van der Waals surface area (Å²) < 4.78 is 5.49. The third-order valence-electron chi connectivity index (χ3n) is 2.69. The molecule has 0 spiro atoms. The molecular formula is C11H21NO. The van der Waals surface area contributed by atoms with Gasteiger partial charge < -0.3 is 10.5 Å². The highest BCUT2D eigenvalue weighted by Gasteiger charge is 2.18. The Kier molecular flexibility index (Phi) is 4.46. The Morgan fingerprint density at radius 1 is 1.54 bits per heavy atom. The number of rotatable bonds is 4. The fourth-order valence-corrected chi connectivity index (χ4v) is 1.83. The fraction of sp³-hybridized carbons (Fsp3) is 0.818. The molecule has 2 unspecified atom stereocenters. The Hall–Kier alpha value is -0.340. The van der Waals surface area contributed by atoms with Crippen molar-refractivity contribution in [3.05, 3.63) is 11.6 Å². The Balaban J connectivity index is 2.44. The van der Waals surface area contributed by atoms with E-state index >= 15 is 0 Å². The van der Waals surface area contributed by atoms with Gasteiger partial charge in [-0.25, -0.2) is 0 Å². The van der Waals surface area contributed by atoms with Crippen LogP contribution in [0.15, 0.2) is 11.6 Å². The summed E-state index contributed by atoms with van der Waals surface area (Å²) in [4.78, 5) is 0. The Labute approximate surface area is 81.1 Å². The Morgan fingerprint density at radius 3 is 2.85 bits per heavy atom. The van der Waals surface area contributed by atoms with Crippen molar-refractivity contribution in [3.8, 4) is 0 Å². The van der Waals surface area contributed by atoms with Crippen molar-refractivity contribution in [2.75, 3.05) is 6.61 Å². The summed E-state index contributed by atoms with van der Waals surface area (Å²) in [5.41, 5.74) is 7.48. The SMILES string of the molecule is CCOC(C)C(N)C1=CCCCC1. The Morgan fingerprint density at radius 2 is 2.31 bits per heavy atom. The van der Waals surface area contributed by atoms with Crippen molar-refractivity contribution in [3.63, 3.8) is 0 Å². The van der Waals surface area contributed by atoms with E-state index in [-0.39, 0.29) is 12.1 Å². The highest BCUT2D eigenvalue weighted by molar-refractivity contribution is 5.13. The van der Waals surface area contributed by atoms with E-state index in [0.717, 1.165) is 6.61 Å². The van der Waals surface area contributed by atoms with Gasteiger partial charge in [-0.05, 0) is 39.5 Å². The molecule has 13 heavy (non-hydrogen) atoms. The predicted octanol–water partition coefficient (Wildman–Crippen LogP) is 2.24. The maximum Gasteiger partial charge on any atom is 0.0736 e. The summed E-state index contributed by atoms with van der Waals surface area (Å²) in [7, 11) is 0. The molecule has 0 aromatic carbocycles. The molecular weight excluding hydrogens is 162 g/mol. The summed E-state index contributed by atoms with van der Waals surface area (Å²) in [5.74, 6) is 0. The highest BCUT2D eigenvalue weighted by Crippen LogP contribution is 2.21. The van der Waals surface area contributed by atoms with Gasteiger partial charge in [0.15, 0.2) is 0 Å². The van der Waals surface area contributed by atoms with Crippen LogP contribution in [0.3, 0.4) is 0 Å². The van der Waals surface area contributed by atoms with Gasteiger partial charge in [0.2, 0.25) is 0 Å². The van der Waals surface area contributed by atoms with Crippen molar-refractivity contribution < 1.29 is 4.74 Å². The van der Waals surface area contributed by atoms with Crippen molar-refractivity contribution >= 4 is 0 Å². The smallest absolute Gasteiger partial charge is 0.0736 e. The molecule has 0 amide bonds. The van der Waals surface area contributed by atoms with Gasteiger partial charge in [-0.2, -0.15) is 0 Å². The minimum atomic E-state index is 0.111. The first-order valence-electron chi connectivity index (χ1n) is 5.31. The van der Waals surface area contributed by atoms with Crippen molar-refractivity contribution in [1.82, 2.24) is 0 Å². The molecule has 0 saturated carbocycles. The van der Waals surface area contributed by atoms with E-state index < -0.39 is 0 Å². The van der Waals surface area contributed by atoms with E-state index in [4.69, 9.17) is 10.5 Å². The van der Waals surface area contributed by atoms with Crippen LogP contribution < -0.4 is 5.73 Å². The maximum atomic E-state index is 6.08. The largest absolute Gasteiger partial charge is 0.377 e. The van der Waals surface area contributed by atoms with Gasteiger partial charge in [0.05, 0.1) is 12.1 Å². The molecule has 2 N–H and O–H groups in total. The van der Waals surface area contributed by atoms with E-state index in [9.17, 15) is 0 Å². The molecule has 1 rings (SSSR count). The highest BCUT2D eigenvalue weighted by atomic mass is 16.5. The summed E-state index contributed by atoms with van der Waals surface area (Å²) in [6.07, 6.45) is 7.43. The lowest BCUT2D eigenvalue weighted by atomic mass is 9.92. The lowest BCUT2D eigenvalue weighted by molar-refractivity contribution is 0.0644. The summed E-state index contributed by atoms with van der Waals surface area (Å²) >= 11 is 0. The first-order chi connectivity index (χ1) is 6.25. The predicted molar refractivity (Wildman–Crippen MR) is 55.6 cm³/mol. The summed E-state index contributed by atoms with van der Waals surface area (Å²) in [6.45, 7) is 4.82. The minimum absolute atomic E-state index is 0.111. The molecule has 1 aliphatic carbocycles. The minimum Gasteiger partial charge on any atom is -0.377 e. The molecule has 0 radical (unpaired) electrons. The van der Waals surface area contributed by atoms with E-state index in [2.05, 4.69) is 13.0 Å². The maximum absolute atomic E-state index is 6.08. The van der Waals surface area contributed by atoms with Gasteiger partial charge in [-0.3, -0.25) is 0 Å². The number of hydrogen-bond acceptors (Lipinski definition) is 2. The molecule has 0 aromatic rings. The third-order valence-corrected chi connectivity index (χ3v) is 2.69. The molecule has 76 valence electrons. The average Bonchev–Trinajstić information content (AvgIpc) is 2.18. The first-order valence-corrected chi connectivity index (χ1v) is 5.31. The molecule has 0 aliphatic heterocycles. The average molecular weight is 183 g/mol. The van der Waals surface area contributed by atoms with E-state index in [1.54, 1.807) is 0 Å². The zero-order valence-corrected chi connectivity index (χ0v) is 8.75. The molecule has 0 fully saturated rings. The molecule has 0 heterocycles. The van der Waals surface area contributed by atoms with Gasteiger partial charge >= 0.3 is 0 Å². The lowest BCUT2D eigenvalue weighted by Crippen LogP contribution is -2.36. The Bertz CT molecular complexity index is 177. The van der Waals surface area contributed by atoms with Crippen molar-refractivity contribution in [2.24, 2.45) is 5.73 Å².